The Balaban J connectivity index is 2.36. The second kappa shape index (κ2) is 8.53. The number of carboxylic acid groups (broad SMARTS) is 1. The zero-order chi connectivity index (χ0) is 14.1. The first-order valence-electron chi connectivity index (χ1n) is 6.83. The number of hydrogen-bond acceptors (Lipinski definition) is 3. The fourth-order valence-corrected chi connectivity index (χ4v) is 1.84. The van der Waals surface area contributed by atoms with Crippen LogP contribution in [0, 0.1) is 0 Å². The molecule has 0 radical (unpaired) electrons. The highest BCUT2D eigenvalue weighted by molar-refractivity contribution is 5.67. The van der Waals surface area contributed by atoms with Gasteiger partial charge in [0.1, 0.15) is 5.75 Å². The molecule has 1 aromatic rings. The molecule has 0 aliphatic carbocycles. The molecule has 0 unspecified atom stereocenters. The van der Waals surface area contributed by atoms with Gasteiger partial charge in [-0.15, -0.1) is 0 Å². The van der Waals surface area contributed by atoms with Crippen molar-refractivity contribution in [2.45, 2.75) is 45.1 Å². The largest absolute Gasteiger partial charge is 0.494 e. The lowest BCUT2D eigenvalue weighted by atomic mass is 10.0. The van der Waals surface area contributed by atoms with Gasteiger partial charge in [-0.2, -0.15) is 0 Å². The molecular weight excluding hydrogens is 242 g/mol. The molecule has 106 valence electrons. The first-order chi connectivity index (χ1) is 9.13. The normalized spacial score (nSPS) is 12.1. The number of nitrogens with two attached hydrogens (primary N) is 1. The van der Waals surface area contributed by atoms with Crippen molar-refractivity contribution in [3.05, 3.63) is 29.8 Å². The fraction of sp³-hybridized carbons (Fsp3) is 0.533. The highest BCUT2D eigenvalue weighted by Gasteiger charge is 2.10. The second-order valence-electron chi connectivity index (χ2n) is 4.68. The van der Waals surface area contributed by atoms with E-state index < -0.39 is 12.0 Å². The number of carboxylic acids is 1. The van der Waals surface area contributed by atoms with Crippen LogP contribution in [-0.2, 0) is 4.79 Å². The molecule has 0 amide bonds. The highest BCUT2D eigenvalue weighted by atomic mass is 16.5. The van der Waals surface area contributed by atoms with Gasteiger partial charge in [0, 0.05) is 6.04 Å². The summed E-state index contributed by atoms with van der Waals surface area (Å²) in [6.45, 7) is 2.90. The first kappa shape index (κ1) is 15.5. The highest BCUT2D eigenvalue weighted by Crippen LogP contribution is 2.18. The number of benzene rings is 1. The van der Waals surface area contributed by atoms with Gasteiger partial charge >= 0.3 is 5.97 Å². The maximum Gasteiger partial charge on any atom is 0.305 e. The maximum atomic E-state index is 10.6. The summed E-state index contributed by atoms with van der Waals surface area (Å²) in [5.74, 6) is -0.0773. The molecule has 0 heterocycles. The molecule has 0 aromatic heterocycles. The Bertz CT molecular complexity index is 375. The zero-order valence-electron chi connectivity index (χ0n) is 11.5. The summed E-state index contributed by atoms with van der Waals surface area (Å²) in [4.78, 5) is 10.6. The lowest BCUT2D eigenvalue weighted by Gasteiger charge is -2.11. The molecule has 3 N–H and O–H groups in total. The van der Waals surface area contributed by atoms with Gasteiger partial charge in [0.2, 0.25) is 0 Å². The van der Waals surface area contributed by atoms with Gasteiger partial charge in [0.25, 0.3) is 0 Å². The van der Waals surface area contributed by atoms with E-state index in [-0.39, 0.29) is 6.42 Å². The maximum absolute atomic E-state index is 10.6. The summed E-state index contributed by atoms with van der Waals surface area (Å²) in [6.07, 6.45) is 4.66. The van der Waals surface area contributed by atoms with Gasteiger partial charge < -0.3 is 15.6 Å². The minimum atomic E-state index is -0.885. The summed E-state index contributed by atoms with van der Waals surface area (Å²) in [5.41, 5.74) is 6.60. The van der Waals surface area contributed by atoms with E-state index in [1.165, 1.54) is 19.3 Å². The summed E-state index contributed by atoms with van der Waals surface area (Å²) in [5, 5.41) is 8.68. The summed E-state index contributed by atoms with van der Waals surface area (Å²) in [7, 11) is 0. The van der Waals surface area contributed by atoms with E-state index in [9.17, 15) is 4.79 Å². The number of carbonyl (C=O) groups is 1. The van der Waals surface area contributed by atoms with Crippen molar-refractivity contribution < 1.29 is 14.6 Å². The molecular formula is C15H23NO3. The van der Waals surface area contributed by atoms with Gasteiger partial charge in [-0.05, 0) is 24.1 Å². The second-order valence-corrected chi connectivity index (χ2v) is 4.68. The van der Waals surface area contributed by atoms with Gasteiger partial charge in [0.05, 0.1) is 13.0 Å². The number of unbranched alkanes of at least 4 members (excludes halogenated alkanes) is 3. The number of rotatable bonds is 9. The summed E-state index contributed by atoms with van der Waals surface area (Å²) >= 11 is 0. The third kappa shape index (κ3) is 6.25. The standard InChI is InChI=1S/C15H23NO3/c1-2-3-4-5-10-19-13-8-6-12(7-9-13)14(16)11-15(17)18/h6-9,14H,2-5,10-11,16H2,1H3,(H,17,18)/t14-/m0/s1. The van der Waals surface area contributed by atoms with Crippen molar-refractivity contribution >= 4 is 5.97 Å². The average Bonchev–Trinajstić information content (AvgIpc) is 2.38. The topological polar surface area (TPSA) is 72.5 Å². The van der Waals surface area contributed by atoms with Crippen LogP contribution in [0.3, 0.4) is 0 Å². The summed E-state index contributed by atoms with van der Waals surface area (Å²) < 4.78 is 5.61. The molecule has 0 aliphatic rings. The molecule has 1 aromatic carbocycles. The van der Waals surface area contributed by atoms with Crippen LogP contribution in [0.15, 0.2) is 24.3 Å². The van der Waals surface area contributed by atoms with Crippen LogP contribution >= 0.6 is 0 Å². The predicted octanol–water partition coefficient (Wildman–Crippen LogP) is 3.12. The lowest BCUT2D eigenvalue weighted by Crippen LogP contribution is -2.14. The lowest BCUT2D eigenvalue weighted by molar-refractivity contribution is -0.137. The third-order valence-corrected chi connectivity index (χ3v) is 2.97. The number of aliphatic carboxylic acids is 1. The van der Waals surface area contributed by atoms with Crippen molar-refractivity contribution in [2.75, 3.05) is 6.61 Å². The number of ether oxygens (including phenoxy) is 1. The Morgan fingerprint density at radius 2 is 1.95 bits per heavy atom. The van der Waals surface area contributed by atoms with Crippen LogP contribution in [0.1, 0.15) is 50.6 Å². The monoisotopic (exact) mass is 265 g/mol. The SMILES string of the molecule is CCCCCCOc1ccc([C@@H](N)CC(=O)O)cc1. The van der Waals surface area contributed by atoms with E-state index in [0.717, 1.165) is 24.3 Å². The van der Waals surface area contributed by atoms with Gasteiger partial charge in [-0.3, -0.25) is 4.79 Å². The smallest absolute Gasteiger partial charge is 0.305 e. The van der Waals surface area contributed by atoms with Crippen LogP contribution in [-0.4, -0.2) is 17.7 Å². The van der Waals surface area contributed by atoms with Crippen LogP contribution in [0.2, 0.25) is 0 Å². The first-order valence-corrected chi connectivity index (χ1v) is 6.83. The molecule has 0 saturated carbocycles. The van der Waals surface area contributed by atoms with Crippen LogP contribution in [0.4, 0.5) is 0 Å². The van der Waals surface area contributed by atoms with Crippen LogP contribution in [0.25, 0.3) is 0 Å². The van der Waals surface area contributed by atoms with E-state index in [0.29, 0.717) is 0 Å². The fourth-order valence-electron chi connectivity index (χ4n) is 1.84. The van der Waals surface area contributed by atoms with Crippen molar-refractivity contribution in [2.24, 2.45) is 5.73 Å². The molecule has 0 fully saturated rings. The van der Waals surface area contributed by atoms with E-state index in [1.54, 1.807) is 0 Å². The third-order valence-electron chi connectivity index (χ3n) is 2.97. The Kier molecular flexibility index (Phi) is 6.97. The minimum absolute atomic E-state index is 0.0583. The van der Waals surface area contributed by atoms with Crippen molar-refractivity contribution in [1.82, 2.24) is 0 Å². The quantitative estimate of drug-likeness (QED) is 0.673. The molecule has 0 aliphatic heterocycles. The van der Waals surface area contributed by atoms with Crippen molar-refractivity contribution in [1.29, 1.82) is 0 Å². The molecule has 4 nitrogen and oxygen atoms in total. The van der Waals surface area contributed by atoms with Gasteiger partial charge in [-0.1, -0.05) is 38.3 Å². The van der Waals surface area contributed by atoms with Crippen molar-refractivity contribution in [3.8, 4) is 5.75 Å². The Morgan fingerprint density at radius 1 is 1.26 bits per heavy atom. The number of hydrogen-bond donors (Lipinski definition) is 2. The predicted molar refractivity (Wildman–Crippen MR) is 75.3 cm³/mol. The molecule has 4 heteroatoms. The molecule has 19 heavy (non-hydrogen) atoms. The van der Waals surface area contributed by atoms with Crippen molar-refractivity contribution in [3.63, 3.8) is 0 Å². The van der Waals surface area contributed by atoms with Gasteiger partial charge in [-0.25, -0.2) is 0 Å². The minimum Gasteiger partial charge on any atom is -0.494 e. The average molecular weight is 265 g/mol. The van der Waals surface area contributed by atoms with E-state index in [4.69, 9.17) is 15.6 Å². The molecule has 0 bridgehead atoms. The van der Waals surface area contributed by atoms with Gasteiger partial charge in [0.15, 0.2) is 0 Å². The Morgan fingerprint density at radius 3 is 2.53 bits per heavy atom. The zero-order valence-corrected chi connectivity index (χ0v) is 11.5. The Hall–Kier alpha value is -1.55. The van der Waals surface area contributed by atoms with Crippen LogP contribution in [0.5, 0.6) is 5.75 Å². The van der Waals surface area contributed by atoms with E-state index in [1.807, 2.05) is 24.3 Å². The molecule has 1 atom stereocenters. The summed E-state index contributed by atoms with van der Waals surface area (Å²) in [6, 6.07) is 6.88. The van der Waals surface area contributed by atoms with E-state index in [2.05, 4.69) is 6.92 Å². The van der Waals surface area contributed by atoms with Crippen LogP contribution < -0.4 is 10.5 Å². The molecule has 1 rings (SSSR count). The molecule has 0 saturated heterocycles. The van der Waals surface area contributed by atoms with E-state index >= 15 is 0 Å². The Labute approximate surface area is 114 Å². The molecule has 0 spiro atoms.